The molecule has 5 heteroatoms. The number of hydrogen-bond acceptors (Lipinski definition) is 3. The summed E-state index contributed by atoms with van der Waals surface area (Å²) in [5.41, 5.74) is 1.08. The third-order valence-electron chi connectivity index (χ3n) is 2.41. The Bertz CT molecular complexity index is 501. The van der Waals surface area contributed by atoms with Gasteiger partial charge in [-0.05, 0) is 5.56 Å². The molecule has 0 saturated heterocycles. The minimum Gasteiger partial charge on any atom is -0.323 e. The molecule has 0 radical (unpaired) electrons. The minimum atomic E-state index is -0.209. The van der Waals surface area contributed by atoms with E-state index in [1.54, 1.807) is 18.1 Å². The number of urea groups is 1. The van der Waals surface area contributed by atoms with E-state index in [9.17, 15) is 4.79 Å². The summed E-state index contributed by atoms with van der Waals surface area (Å²) in [4.78, 5) is 21.3. The topological polar surface area (TPSA) is 58.1 Å². The quantitative estimate of drug-likeness (QED) is 0.897. The number of aromatic nitrogens is 2. The van der Waals surface area contributed by atoms with Crippen LogP contribution in [-0.2, 0) is 6.54 Å². The lowest BCUT2D eigenvalue weighted by atomic mass is 10.2. The lowest BCUT2D eigenvalue weighted by Gasteiger charge is -2.17. The Balaban J connectivity index is 1.93. The molecule has 5 nitrogen and oxygen atoms in total. The van der Waals surface area contributed by atoms with Gasteiger partial charge in [0.05, 0.1) is 6.20 Å². The van der Waals surface area contributed by atoms with Crippen molar-refractivity contribution in [3.8, 4) is 0 Å². The van der Waals surface area contributed by atoms with Crippen molar-refractivity contribution in [3.05, 3.63) is 54.5 Å². The van der Waals surface area contributed by atoms with Gasteiger partial charge in [0.1, 0.15) is 0 Å². The number of rotatable bonds is 3. The first-order chi connectivity index (χ1) is 8.75. The van der Waals surface area contributed by atoms with Crippen LogP contribution < -0.4 is 5.32 Å². The van der Waals surface area contributed by atoms with Crippen LogP contribution in [0.25, 0.3) is 0 Å². The molecule has 0 fully saturated rings. The summed E-state index contributed by atoms with van der Waals surface area (Å²) in [6, 6.07) is 9.59. The molecule has 92 valence electrons. The fourth-order valence-corrected chi connectivity index (χ4v) is 1.50. The van der Waals surface area contributed by atoms with Crippen molar-refractivity contribution < 1.29 is 4.79 Å². The van der Waals surface area contributed by atoms with Gasteiger partial charge < -0.3 is 4.90 Å². The van der Waals surface area contributed by atoms with Crippen LogP contribution in [0.4, 0.5) is 10.6 Å². The molecule has 0 unspecified atom stereocenters. The van der Waals surface area contributed by atoms with Gasteiger partial charge in [-0.1, -0.05) is 30.3 Å². The Labute approximate surface area is 105 Å². The van der Waals surface area contributed by atoms with Crippen LogP contribution in [0, 0.1) is 0 Å². The van der Waals surface area contributed by atoms with E-state index >= 15 is 0 Å². The number of nitrogens with one attached hydrogen (secondary N) is 1. The van der Waals surface area contributed by atoms with Crippen molar-refractivity contribution in [3.63, 3.8) is 0 Å². The molecule has 0 bridgehead atoms. The van der Waals surface area contributed by atoms with E-state index in [0.717, 1.165) is 5.56 Å². The number of amides is 2. The van der Waals surface area contributed by atoms with Crippen LogP contribution in [0.15, 0.2) is 48.9 Å². The molecule has 18 heavy (non-hydrogen) atoms. The predicted octanol–water partition coefficient (Wildman–Crippen LogP) is 2.14. The molecular weight excluding hydrogens is 228 g/mol. The van der Waals surface area contributed by atoms with Gasteiger partial charge in [0.15, 0.2) is 5.82 Å². The monoisotopic (exact) mass is 242 g/mol. The van der Waals surface area contributed by atoms with E-state index in [1.807, 2.05) is 30.3 Å². The van der Waals surface area contributed by atoms with Gasteiger partial charge in [-0.25, -0.2) is 9.78 Å². The van der Waals surface area contributed by atoms with Gasteiger partial charge in [-0.2, -0.15) is 0 Å². The molecule has 1 aromatic carbocycles. The van der Waals surface area contributed by atoms with Crippen LogP contribution in [0.2, 0.25) is 0 Å². The maximum atomic E-state index is 11.9. The summed E-state index contributed by atoms with van der Waals surface area (Å²) in [7, 11) is 1.73. The average Bonchev–Trinajstić information content (AvgIpc) is 2.41. The van der Waals surface area contributed by atoms with Crippen molar-refractivity contribution in [1.29, 1.82) is 0 Å². The van der Waals surface area contributed by atoms with E-state index < -0.39 is 0 Å². The number of carbonyl (C=O) groups excluding carboxylic acids is 1. The maximum Gasteiger partial charge on any atom is 0.323 e. The Morgan fingerprint density at radius 3 is 2.72 bits per heavy atom. The summed E-state index contributed by atoms with van der Waals surface area (Å²) in [6.07, 6.45) is 4.60. The molecule has 0 aliphatic carbocycles. The third kappa shape index (κ3) is 3.28. The van der Waals surface area contributed by atoms with Crippen molar-refractivity contribution >= 4 is 11.8 Å². The highest BCUT2D eigenvalue weighted by Crippen LogP contribution is 2.05. The molecule has 0 aliphatic rings. The zero-order valence-corrected chi connectivity index (χ0v) is 10.1. The van der Waals surface area contributed by atoms with Gasteiger partial charge >= 0.3 is 6.03 Å². The Kier molecular flexibility index (Phi) is 3.86. The average molecular weight is 242 g/mol. The molecule has 0 saturated carbocycles. The van der Waals surface area contributed by atoms with E-state index in [0.29, 0.717) is 12.4 Å². The summed E-state index contributed by atoms with van der Waals surface area (Å²) in [5, 5.41) is 2.68. The van der Waals surface area contributed by atoms with E-state index in [2.05, 4.69) is 15.3 Å². The SMILES string of the molecule is CN(Cc1ccccc1)C(=O)Nc1cnccn1. The zero-order valence-electron chi connectivity index (χ0n) is 10.1. The standard InChI is InChI=1S/C13H14N4O/c1-17(10-11-5-3-2-4-6-11)13(18)16-12-9-14-7-8-15-12/h2-9H,10H2,1H3,(H,15,16,18). The molecule has 0 atom stereocenters. The lowest BCUT2D eigenvalue weighted by molar-refractivity contribution is 0.220. The van der Waals surface area contributed by atoms with Crippen molar-refractivity contribution in [1.82, 2.24) is 14.9 Å². The van der Waals surface area contributed by atoms with Gasteiger partial charge in [-0.3, -0.25) is 10.3 Å². The first-order valence-corrected chi connectivity index (χ1v) is 5.58. The first-order valence-electron chi connectivity index (χ1n) is 5.58. The molecule has 1 heterocycles. The van der Waals surface area contributed by atoms with Crippen LogP contribution in [-0.4, -0.2) is 27.9 Å². The highest BCUT2D eigenvalue weighted by molar-refractivity contribution is 5.87. The molecule has 1 N–H and O–H groups in total. The summed E-state index contributed by atoms with van der Waals surface area (Å²) in [6.45, 7) is 0.549. The molecule has 0 aliphatic heterocycles. The van der Waals surface area contributed by atoms with Crippen molar-refractivity contribution in [2.24, 2.45) is 0 Å². The van der Waals surface area contributed by atoms with Crippen LogP contribution in [0.1, 0.15) is 5.56 Å². The second-order valence-corrected chi connectivity index (χ2v) is 3.86. The van der Waals surface area contributed by atoms with Crippen molar-refractivity contribution in [2.45, 2.75) is 6.54 Å². The Morgan fingerprint density at radius 1 is 1.28 bits per heavy atom. The van der Waals surface area contributed by atoms with Gasteiger partial charge in [0.2, 0.25) is 0 Å². The normalized spacial score (nSPS) is 9.83. The highest BCUT2D eigenvalue weighted by Gasteiger charge is 2.09. The molecule has 0 spiro atoms. The number of anilines is 1. The Morgan fingerprint density at radius 2 is 2.06 bits per heavy atom. The van der Waals surface area contributed by atoms with Gasteiger partial charge in [0, 0.05) is 26.0 Å². The second kappa shape index (κ2) is 5.77. The second-order valence-electron chi connectivity index (χ2n) is 3.86. The third-order valence-corrected chi connectivity index (χ3v) is 2.41. The summed E-state index contributed by atoms with van der Waals surface area (Å²) >= 11 is 0. The Hall–Kier alpha value is -2.43. The van der Waals surface area contributed by atoms with Gasteiger partial charge in [0.25, 0.3) is 0 Å². The lowest BCUT2D eigenvalue weighted by Crippen LogP contribution is -2.31. The first kappa shape index (κ1) is 12.0. The number of benzene rings is 1. The van der Waals surface area contributed by atoms with Crippen molar-refractivity contribution in [2.75, 3.05) is 12.4 Å². The van der Waals surface area contributed by atoms with E-state index in [-0.39, 0.29) is 6.03 Å². The number of nitrogens with zero attached hydrogens (tertiary/aromatic N) is 3. The fraction of sp³-hybridized carbons (Fsp3) is 0.154. The molecule has 2 aromatic rings. The largest absolute Gasteiger partial charge is 0.323 e. The molecule has 2 rings (SSSR count). The van der Waals surface area contributed by atoms with Crippen LogP contribution in [0.3, 0.4) is 0 Å². The molecular formula is C13H14N4O. The minimum absolute atomic E-state index is 0.209. The number of hydrogen-bond donors (Lipinski definition) is 1. The highest BCUT2D eigenvalue weighted by atomic mass is 16.2. The number of carbonyl (C=O) groups is 1. The van der Waals surface area contributed by atoms with E-state index in [4.69, 9.17) is 0 Å². The maximum absolute atomic E-state index is 11.9. The summed E-state index contributed by atoms with van der Waals surface area (Å²) in [5.74, 6) is 0.447. The van der Waals surface area contributed by atoms with E-state index in [1.165, 1.54) is 12.4 Å². The van der Waals surface area contributed by atoms with Gasteiger partial charge in [-0.15, -0.1) is 0 Å². The van der Waals surface area contributed by atoms with Crippen LogP contribution in [0.5, 0.6) is 0 Å². The summed E-state index contributed by atoms with van der Waals surface area (Å²) < 4.78 is 0. The molecule has 2 amide bonds. The fourth-order valence-electron chi connectivity index (χ4n) is 1.50. The predicted molar refractivity (Wildman–Crippen MR) is 69.0 cm³/mol. The van der Waals surface area contributed by atoms with Crippen LogP contribution >= 0.6 is 0 Å². The molecule has 1 aromatic heterocycles. The smallest absolute Gasteiger partial charge is 0.323 e. The zero-order chi connectivity index (χ0) is 12.8.